The average Bonchev–Trinajstić information content (AvgIpc) is 3.82. The first-order chi connectivity index (χ1) is 23.7. The van der Waals surface area contributed by atoms with Crippen molar-refractivity contribution in [1.82, 2.24) is 39.0 Å². The van der Waals surface area contributed by atoms with E-state index in [1.54, 1.807) is 0 Å². The Morgan fingerprint density at radius 3 is 1.88 bits per heavy atom. The zero-order valence-corrected chi connectivity index (χ0v) is 28.8. The number of fused-ring (bicyclic) bond motifs is 2. The molecule has 24 nitrogen and oxygen atoms in total. The number of H-pyrrole nitrogens is 2. The van der Waals surface area contributed by atoms with Gasteiger partial charge in [0.15, 0.2) is 34.8 Å². The number of thiol groups is 1. The molecule has 0 radical (unpaired) electrons. The van der Waals surface area contributed by atoms with Crippen molar-refractivity contribution in [3.8, 4) is 0 Å². The first-order valence-electron chi connectivity index (χ1n) is 14.3. The zero-order chi connectivity index (χ0) is 36.1. The molecule has 6 heterocycles. The Balaban J connectivity index is 1.22. The summed E-state index contributed by atoms with van der Waals surface area (Å²) in [4.78, 5) is 55.5. The summed E-state index contributed by atoms with van der Waals surface area (Å²) in [6.45, 7) is -5.65. The van der Waals surface area contributed by atoms with Crippen LogP contribution in [0.15, 0.2) is 22.2 Å². The largest absolute Gasteiger partial charge is 0.472 e. The second kappa shape index (κ2) is 14.0. The van der Waals surface area contributed by atoms with Gasteiger partial charge in [0.05, 0.1) is 25.9 Å². The van der Waals surface area contributed by atoms with Crippen LogP contribution in [0.5, 0.6) is 0 Å². The minimum atomic E-state index is -4.54. The number of phosphoric ester groups is 1. The molecule has 0 aliphatic carbocycles. The van der Waals surface area contributed by atoms with Crippen molar-refractivity contribution in [2.75, 3.05) is 46.0 Å². The summed E-state index contributed by atoms with van der Waals surface area (Å²) >= 11 is 4.11. The highest BCUT2D eigenvalue weighted by Crippen LogP contribution is 2.57. The molecular weight excluding hydrogens is 734 g/mol. The number of methoxy groups -OCH3 is 2. The topological polar surface area (TPSA) is 328 Å². The van der Waals surface area contributed by atoms with Gasteiger partial charge in [-0.05, 0) is 0 Å². The number of phosphoric acid groups is 1. The average molecular weight is 767 g/mol. The number of nitrogens with zero attached hydrogens (tertiary/aromatic N) is 6. The van der Waals surface area contributed by atoms with E-state index in [0.717, 1.165) is 7.11 Å². The monoisotopic (exact) mass is 766 g/mol. The highest BCUT2D eigenvalue weighted by atomic mass is 32.7. The van der Waals surface area contributed by atoms with E-state index in [4.69, 9.17) is 44.0 Å². The number of aromatic amines is 2. The number of imidazole rings is 2. The Kier molecular flexibility index (Phi) is 10.2. The van der Waals surface area contributed by atoms with Crippen molar-refractivity contribution in [3.63, 3.8) is 0 Å². The molecule has 50 heavy (non-hydrogen) atoms. The van der Waals surface area contributed by atoms with Gasteiger partial charge in [0, 0.05) is 21.3 Å². The van der Waals surface area contributed by atoms with Crippen LogP contribution in [0.2, 0.25) is 0 Å². The van der Waals surface area contributed by atoms with Gasteiger partial charge in [-0.15, -0.1) is 0 Å². The number of nitrogens with two attached hydrogens (primary N) is 2. The number of hydrogen-bond acceptors (Lipinski definition) is 19. The highest BCUT2D eigenvalue weighted by molar-refractivity contribution is 8.44. The fourth-order valence-corrected chi connectivity index (χ4v) is 7.54. The van der Waals surface area contributed by atoms with Crippen molar-refractivity contribution in [1.29, 1.82) is 0 Å². The third-order valence-electron chi connectivity index (χ3n) is 7.88. The van der Waals surface area contributed by atoms with E-state index in [2.05, 4.69) is 46.7 Å². The van der Waals surface area contributed by atoms with Crippen molar-refractivity contribution in [2.45, 2.75) is 49.1 Å². The molecule has 8 N–H and O–H groups in total. The van der Waals surface area contributed by atoms with Crippen LogP contribution in [-0.4, -0.2) is 120 Å². The minimum absolute atomic E-state index is 0.00330. The Bertz CT molecular complexity index is 2090. The normalized spacial score (nSPS) is 29.5. The Morgan fingerprint density at radius 2 is 1.36 bits per heavy atom. The first kappa shape index (κ1) is 36.5. The molecule has 6 rings (SSSR count). The van der Waals surface area contributed by atoms with Gasteiger partial charge in [-0.2, -0.15) is 9.97 Å². The first-order valence-corrected chi connectivity index (χ1v) is 18.5. The number of anilines is 2. The number of nitrogens with one attached hydrogen (secondary N) is 2. The number of nitrogen functional groups attached to an aromatic ring is 2. The summed E-state index contributed by atoms with van der Waals surface area (Å²) < 4.78 is 72.4. The van der Waals surface area contributed by atoms with Crippen LogP contribution in [-0.2, 0) is 46.2 Å². The quantitative estimate of drug-likeness (QED) is 0.0621. The van der Waals surface area contributed by atoms with E-state index in [1.807, 2.05) is 0 Å². The summed E-state index contributed by atoms with van der Waals surface area (Å²) in [6, 6.07) is 0. The predicted octanol–water partition coefficient (Wildman–Crippen LogP) is -1.19. The zero-order valence-electron chi connectivity index (χ0n) is 26.2. The minimum Gasteiger partial charge on any atom is -0.387 e. The van der Waals surface area contributed by atoms with Crippen LogP contribution in [0.4, 0.5) is 11.9 Å². The van der Waals surface area contributed by atoms with Gasteiger partial charge in [0.1, 0.15) is 36.6 Å². The van der Waals surface area contributed by atoms with Crippen molar-refractivity contribution >= 4 is 61.1 Å². The van der Waals surface area contributed by atoms with Gasteiger partial charge >= 0.3 is 14.6 Å². The lowest BCUT2D eigenvalue weighted by molar-refractivity contribution is -0.0584. The number of hydrogen-bond donors (Lipinski definition) is 7. The van der Waals surface area contributed by atoms with Crippen LogP contribution in [0.25, 0.3) is 22.3 Å². The van der Waals surface area contributed by atoms with Crippen LogP contribution >= 0.6 is 26.9 Å². The molecule has 0 amide bonds. The predicted molar refractivity (Wildman–Crippen MR) is 171 cm³/mol. The van der Waals surface area contributed by atoms with Crippen LogP contribution in [0.1, 0.15) is 12.5 Å². The number of aliphatic hydroxyl groups is 1. The maximum Gasteiger partial charge on any atom is 0.472 e. The molecule has 2 aliphatic heterocycles. The van der Waals surface area contributed by atoms with Gasteiger partial charge in [0.2, 0.25) is 11.9 Å². The van der Waals surface area contributed by atoms with E-state index in [0.29, 0.717) is 0 Å². The molecule has 0 spiro atoms. The molecule has 10 unspecified atom stereocenters. The van der Waals surface area contributed by atoms with Crippen molar-refractivity contribution in [3.05, 3.63) is 33.4 Å². The summed E-state index contributed by atoms with van der Waals surface area (Å²) in [7, 11) is -1.000. The Hall–Kier alpha value is -3.29. The smallest absolute Gasteiger partial charge is 0.387 e. The van der Waals surface area contributed by atoms with Gasteiger partial charge in [-0.3, -0.25) is 46.8 Å². The van der Waals surface area contributed by atoms with Crippen molar-refractivity contribution < 1.29 is 56.2 Å². The molecule has 2 fully saturated rings. The Labute approximate surface area is 284 Å². The van der Waals surface area contributed by atoms with Crippen LogP contribution in [0, 0.1) is 0 Å². The molecule has 2 saturated heterocycles. The fourth-order valence-electron chi connectivity index (χ4n) is 5.61. The second-order valence-corrected chi connectivity index (χ2v) is 15.3. The number of aromatic nitrogens is 8. The van der Waals surface area contributed by atoms with Gasteiger partial charge < -0.3 is 40.4 Å². The summed E-state index contributed by atoms with van der Waals surface area (Å²) in [6.07, 6.45) is -7.27. The third-order valence-corrected chi connectivity index (χ3v) is 10.4. The summed E-state index contributed by atoms with van der Waals surface area (Å²) in [5.74, 6) is -0.400. The number of rotatable bonds is 13. The van der Waals surface area contributed by atoms with E-state index in [1.165, 1.54) is 36.0 Å². The molecule has 4 aromatic heterocycles. The lowest BCUT2D eigenvalue weighted by atomic mass is 10.1. The van der Waals surface area contributed by atoms with E-state index in [-0.39, 0.29) is 34.2 Å². The van der Waals surface area contributed by atoms with Crippen molar-refractivity contribution in [2.24, 2.45) is 0 Å². The molecule has 4 aromatic rings. The van der Waals surface area contributed by atoms with Gasteiger partial charge in [-0.1, -0.05) is 12.2 Å². The standard InChI is InChI=1S/C23H32N10O14P2S/c1-40-14-12(34)8(45-20(14)32-6-26-10-16(32)28-22(24)30-18(10)35)4-44-49(39,50)47-13-9(5-43-48(37,38)42-3)46-21(15(13)41-2)33-7-27-11-17(33)29-23(25)31-19(11)36/h6-9,12-15,20-21,34H,4-5H2,1-3H3,(H,37,38)(H,39,50)(H3,24,28,30,35)(H3,25,29,31,36). The summed E-state index contributed by atoms with van der Waals surface area (Å²) in [5.41, 5.74) is 10.1. The lowest BCUT2D eigenvalue weighted by Gasteiger charge is -2.26. The fraction of sp³-hybridized carbons (Fsp3) is 0.565. The molecule has 0 saturated carbocycles. The van der Waals surface area contributed by atoms with Crippen LogP contribution < -0.4 is 22.6 Å². The van der Waals surface area contributed by atoms with E-state index in [9.17, 15) is 28.7 Å². The van der Waals surface area contributed by atoms with E-state index >= 15 is 0 Å². The molecule has 0 aromatic carbocycles. The van der Waals surface area contributed by atoms with E-state index < -0.39 is 88.0 Å². The second-order valence-electron chi connectivity index (χ2n) is 10.9. The molecule has 27 heteroatoms. The maximum atomic E-state index is 13.7. The third kappa shape index (κ3) is 6.97. The molecule has 10 atom stereocenters. The van der Waals surface area contributed by atoms with Gasteiger partial charge in [-0.25, -0.2) is 19.1 Å². The summed E-state index contributed by atoms with van der Waals surface area (Å²) in [5, 5.41) is 11.0. The highest BCUT2D eigenvalue weighted by Gasteiger charge is 2.52. The number of ether oxygens (including phenoxy) is 4. The van der Waals surface area contributed by atoms with Gasteiger partial charge in [0.25, 0.3) is 11.1 Å². The molecule has 0 bridgehead atoms. The number of aliphatic hydroxyl groups excluding tert-OH is 1. The SMILES string of the molecule is COC1C(O)C(COP(=O)(S)OC2C(COP(=O)(O)OC)OC(n3cnc4c(=O)[nH]c(N)nc43)C2OC)OC1n1cnc2c(=O)[nH]c(N)nc21. The lowest BCUT2D eigenvalue weighted by Crippen LogP contribution is -2.37. The molecule has 2 aliphatic rings. The molecular formula is C23H32N10O14P2S. The van der Waals surface area contributed by atoms with Crippen LogP contribution in [0.3, 0.4) is 0 Å². The Morgan fingerprint density at radius 1 is 0.860 bits per heavy atom. The maximum absolute atomic E-state index is 13.7. The molecule has 274 valence electrons.